The fraction of sp³-hybridized carbons (Fsp3) is 0.636. The molecule has 0 saturated carbocycles. The van der Waals surface area contributed by atoms with E-state index in [4.69, 9.17) is 14.6 Å². The van der Waals surface area contributed by atoms with Gasteiger partial charge >= 0.3 is 12.1 Å². The van der Waals surface area contributed by atoms with Crippen molar-refractivity contribution < 1.29 is 24.2 Å². The van der Waals surface area contributed by atoms with E-state index in [1.165, 1.54) is 6.08 Å². The fourth-order valence-electron chi connectivity index (χ4n) is 1.34. The molecule has 1 aliphatic heterocycles. The minimum absolute atomic E-state index is 0.115. The van der Waals surface area contributed by atoms with Crippen LogP contribution in [0.1, 0.15) is 6.92 Å². The van der Waals surface area contributed by atoms with Gasteiger partial charge in [0.15, 0.2) is 0 Å². The molecule has 1 heterocycles. The first-order valence-electron chi connectivity index (χ1n) is 5.50. The molecule has 1 amide bonds. The lowest BCUT2D eigenvalue weighted by molar-refractivity contribution is -0.131. The molecule has 0 aromatic carbocycles. The van der Waals surface area contributed by atoms with E-state index >= 15 is 0 Å². The molecule has 96 valence electrons. The zero-order valence-electron chi connectivity index (χ0n) is 9.80. The monoisotopic (exact) mass is 243 g/mol. The molecular weight excluding hydrogens is 226 g/mol. The SMILES string of the molecule is C[C@@H](/C=C\C(=O)O)COC(=O)N1CCOCC1. The normalized spacial score (nSPS) is 18.1. The number of rotatable bonds is 4. The molecule has 1 saturated heterocycles. The van der Waals surface area contributed by atoms with Crippen molar-refractivity contribution in [3.05, 3.63) is 12.2 Å². The van der Waals surface area contributed by atoms with Crippen LogP contribution in [-0.2, 0) is 14.3 Å². The highest BCUT2D eigenvalue weighted by Crippen LogP contribution is 2.03. The third kappa shape index (κ3) is 5.35. The second-order valence-electron chi connectivity index (χ2n) is 3.85. The van der Waals surface area contributed by atoms with Crippen molar-refractivity contribution >= 4 is 12.1 Å². The van der Waals surface area contributed by atoms with Crippen LogP contribution in [0.2, 0.25) is 0 Å². The number of hydrogen-bond donors (Lipinski definition) is 1. The van der Waals surface area contributed by atoms with Crippen molar-refractivity contribution in [3.63, 3.8) is 0 Å². The van der Waals surface area contributed by atoms with Crippen molar-refractivity contribution in [1.82, 2.24) is 4.90 Å². The number of hydrogen-bond acceptors (Lipinski definition) is 4. The molecule has 17 heavy (non-hydrogen) atoms. The van der Waals surface area contributed by atoms with Crippen molar-refractivity contribution in [2.45, 2.75) is 6.92 Å². The Morgan fingerprint density at radius 3 is 2.71 bits per heavy atom. The van der Waals surface area contributed by atoms with Crippen LogP contribution in [0, 0.1) is 5.92 Å². The van der Waals surface area contributed by atoms with Crippen LogP contribution in [0.15, 0.2) is 12.2 Å². The van der Waals surface area contributed by atoms with Gasteiger partial charge in [0.1, 0.15) is 0 Å². The molecule has 1 N–H and O–H groups in total. The molecule has 0 unspecified atom stereocenters. The summed E-state index contributed by atoms with van der Waals surface area (Å²) in [5.41, 5.74) is 0. The standard InChI is InChI=1S/C11H17NO5/c1-9(2-3-10(13)14)8-17-11(15)12-4-6-16-7-5-12/h2-3,9H,4-8H2,1H3,(H,13,14)/b3-2-/t9-/m0/s1. The van der Waals surface area contributed by atoms with Gasteiger partial charge in [-0.3, -0.25) is 0 Å². The van der Waals surface area contributed by atoms with E-state index in [1.807, 2.05) is 0 Å². The van der Waals surface area contributed by atoms with Crippen LogP contribution in [0.5, 0.6) is 0 Å². The van der Waals surface area contributed by atoms with E-state index in [1.54, 1.807) is 11.8 Å². The topological polar surface area (TPSA) is 76.1 Å². The van der Waals surface area contributed by atoms with Gasteiger partial charge in [-0.15, -0.1) is 0 Å². The molecule has 0 radical (unpaired) electrons. The van der Waals surface area contributed by atoms with E-state index in [2.05, 4.69) is 0 Å². The van der Waals surface area contributed by atoms with Gasteiger partial charge in [-0.2, -0.15) is 0 Å². The molecular formula is C11H17NO5. The molecule has 1 rings (SSSR count). The second kappa shape index (κ2) is 6.90. The summed E-state index contributed by atoms with van der Waals surface area (Å²) in [6.07, 6.45) is 2.17. The van der Waals surface area contributed by atoms with Gasteiger partial charge in [0.2, 0.25) is 0 Å². The van der Waals surface area contributed by atoms with Gasteiger partial charge in [-0.1, -0.05) is 13.0 Å². The summed E-state index contributed by atoms with van der Waals surface area (Å²) in [6, 6.07) is 0. The minimum Gasteiger partial charge on any atom is -0.478 e. The summed E-state index contributed by atoms with van der Waals surface area (Å²) >= 11 is 0. The maximum Gasteiger partial charge on any atom is 0.409 e. The fourth-order valence-corrected chi connectivity index (χ4v) is 1.34. The Kier molecular flexibility index (Phi) is 5.48. The Bertz CT molecular complexity index is 296. The number of carbonyl (C=O) groups excluding carboxylic acids is 1. The van der Waals surface area contributed by atoms with Gasteiger partial charge in [-0.05, 0) is 0 Å². The first-order chi connectivity index (χ1) is 8.09. The van der Waals surface area contributed by atoms with E-state index < -0.39 is 5.97 Å². The molecule has 6 nitrogen and oxygen atoms in total. The lowest BCUT2D eigenvalue weighted by Gasteiger charge is -2.26. The molecule has 1 atom stereocenters. The van der Waals surface area contributed by atoms with Crippen molar-refractivity contribution in [3.8, 4) is 0 Å². The molecule has 0 spiro atoms. The molecule has 0 bridgehead atoms. The van der Waals surface area contributed by atoms with E-state index in [0.29, 0.717) is 26.3 Å². The number of carbonyl (C=O) groups is 2. The Morgan fingerprint density at radius 2 is 2.12 bits per heavy atom. The predicted octanol–water partition coefficient (Wildman–Crippen LogP) is 0.732. The lowest BCUT2D eigenvalue weighted by Crippen LogP contribution is -2.41. The number of carboxylic acid groups (broad SMARTS) is 1. The molecule has 0 aromatic rings. The molecule has 0 aromatic heterocycles. The van der Waals surface area contributed by atoms with Gasteiger partial charge in [0.25, 0.3) is 0 Å². The summed E-state index contributed by atoms with van der Waals surface area (Å²) < 4.78 is 10.2. The van der Waals surface area contributed by atoms with Crippen LogP contribution in [0.25, 0.3) is 0 Å². The van der Waals surface area contributed by atoms with Crippen molar-refractivity contribution in [1.29, 1.82) is 0 Å². The highest BCUT2D eigenvalue weighted by Gasteiger charge is 2.18. The number of morpholine rings is 1. The molecule has 0 aliphatic carbocycles. The van der Waals surface area contributed by atoms with Crippen LogP contribution >= 0.6 is 0 Å². The van der Waals surface area contributed by atoms with Gasteiger partial charge in [0, 0.05) is 25.1 Å². The quantitative estimate of drug-likeness (QED) is 0.737. The first-order valence-corrected chi connectivity index (χ1v) is 5.50. The number of carboxylic acids is 1. The summed E-state index contributed by atoms with van der Waals surface area (Å²) in [5.74, 6) is -1.12. The van der Waals surface area contributed by atoms with Crippen molar-refractivity contribution in [2.24, 2.45) is 5.92 Å². The molecule has 6 heteroatoms. The zero-order valence-corrected chi connectivity index (χ0v) is 9.80. The highest BCUT2D eigenvalue weighted by atomic mass is 16.6. The van der Waals surface area contributed by atoms with Crippen LogP contribution in [0.4, 0.5) is 4.79 Å². The second-order valence-corrected chi connectivity index (χ2v) is 3.85. The van der Waals surface area contributed by atoms with Crippen LogP contribution in [0.3, 0.4) is 0 Å². The Labute approximate surface area is 99.8 Å². The maximum atomic E-state index is 11.5. The largest absolute Gasteiger partial charge is 0.478 e. The van der Waals surface area contributed by atoms with Crippen molar-refractivity contribution in [2.75, 3.05) is 32.9 Å². The average Bonchev–Trinajstić information content (AvgIpc) is 2.34. The Hall–Kier alpha value is -1.56. The summed E-state index contributed by atoms with van der Waals surface area (Å²) in [5, 5.41) is 8.43. The van der Waals surface area contributed by atoms with Gasteiger partial charge in [-0.25, -0.2) is 9.59 Å². The third-order valence-electron chi connectivity index (χ3n) is 2.31. The van der Waals surface area contributed by atoms with Crippen LogP contribution in [-0.4, -0.2) is 55.0 Å². The van der Waals surface area contributed by atoms with E-state index in [0.717, 1.165) is 6.08 Å². The molecule has 1 fully saturated rings. The smallest absolute Gasteiger partial charge is 0.409 e. The minimum atomic E-state index is -1.00. The number of aliphatic carboxylic acids is 1. The van der Waals surface area contributed by atoms with E-state index in [9.17, 15) is 9.59 Å². The van der Waals surface area contributed by atoms with Gasteiger partial charge in [0.05, 0.1) is 19.8 Å². The average molecular weight is 243 g/mol. The third-order valence-corrected chi connectivity index (χ3v) is 2.31. The predicted molar refractivity (Wildman–Crippen MR) is 59.7 cm³/mol. The number of amides is 1. The van der Waals surface area contributed by atoms with Gasteiger partial charge < -0.3 is 19.5 Å². The van der Waals surface area contributed by atoms with E-state index in [-0.39, 0.29) is 18.6 Å². The highest BCUT2D eigenvalue weighted by molar-refractivity contribution is 5.79. The Balaban J connectivity index is 2.24. The summed E-state index contributed by atoms with van der Waals surface area (Å²) in [7, 11) is 0. The zero-order chi connectivity index (χ0) is 12.7. The van der Waals surface area contributed by atoms with Crippen LogP contribution < -0.4 is 0 Å². The number of nitrogens with zero attached hydrogens (tertiary/aromatic N) is 1. The first kappa shape index (κ1) is 13.5. The maximum absolute atomic E-state index is 11.5. The Morgan fingerprint density at radius 1 is 1.47 bits per heavy atom. The molecule has 1 aliphatic rings. The lowest BCUT2D eigenvalue weighted by atomic mass is 10.2. The summed E-state index contributed by atoms with van der Waals surface area (Å²) in [4.78, 5) is 23.4. The number of ether oxygens (including phenoxy) is 2. The summed E-state index contributed by atoms with van der Waals surface area (Å²) in [6.45, 7) is 4.11.